The van der Waals surface area contributed by atoms with Crippen LogP contribution in [0.5, 0.6) is 0 Å². The summed E-state index contributed by atoms with van der Waals surface area (Å²) in [5.41, 5.74) is 3.87. The van der Waals surface area contributed by atoms with Crippen molar-refractivity contribution in [3.8, 4) is 5.69 Å². The minimum Gasteiger partial charge on any atom is -0.299 e. The molecular weight excluding hydrogens is 360 g/mol. The van der Waals surface area contributed by atoms with Gasteiger partial charge < -0.3 is 0 Å². The Morgan fingerprint density at radius 2 is 1.93 bits per heavy atom. The first-order chi connectivity index (χ1) is 13.0. The molecule has 0 saturated carbocycles. The summed E-state index contributed by atoms with van der Waals surface area (Å²) in [6.45, 7) is 4.09. The fourth-order valence-electron chi connectivity index (χ4n) is 2.99. The topological polar surface area (TPSA) is 78.5 Å². The van der Waals surface area contributed by atoms with Crippen molar-refractivity contribution in [3.05, 3.63) is 69.8 Å². The van der Waals surface area contributed by atoms with E-state index < -0.39 is 0 Å². The van der Waals surface area contributed by atoms with Crippen LogP contribution in [-0.4, -0.2) is 29.8 Å². The lowest BCUT2D eigenvalue weighted by Gasteiger charge is -2.10. The highest BCUT2D eigenvalue weighted by molar-refractivity contribution is 7.98. The first kappa shape index (κ1) is 17.4. The Morgan fingerprint density at radius 1 is 1.11 bits per heavy atom. The van der Waals surface area contributed by atoms with Crippen LogP contribution >= 0.6 is 11.8 Å². The van der Waals surface area contributed by atoms with Gasteiger partial charge in [0.1, 0.15) is 5.82 Å². The SMILES string of the molecule is Cc1ccc(-n2nnnc2SCc2nc3ccccc3c(=O)n2C)c(C)c1. The number of aryl methyl sites for hydroxylation is 2. The zero-order valence-corrected chi connectivity index (χ0v) is 16.1. The van der Waals surface area contributed by atoms with Gasteiger partial charge in [-0.1, -0.05) is 41.6 Å². The second kappa shape index (κ2) is 6.96. The van der Waals surface area contributed by atoms with Crippen LogP contribution in [0.15, 0.2) is 52.4 Å². The molecule has 0 aliphatic rings. The highest BCUT2D eigenvalue weighted by atomic mass is 32.2. The predicted molar refractivity (Wildman–Crippen MR) is 105 cm³/mol. The number of thioether (sulfide) groups is 1. The molecule has 2 heterocycles. The third-order valence-electron chi connectivity index (χ3n) is 4.43. The molecule has 8 heteroatoms. The van der Waals surface area contributed by atoms with Crippen molar-refractivity contribution >= 4 is 22.7 Å². The molecule has 4 rings (SSSR count). The Balaban J connectivity index is 1.66. The molecule has 0 aliphatic carbocycles. The molecule has 7 nitrogen and oxygen atoms in total. The van der Waals surface area contributed by atoms with Crippen LogP contribution in [0.3, 0.4) is 0 Å². The third-order valence-corrected chi connectivity index (χ3v) is 5.34. The van der Waals surface area contributed by atoms with Crippen LogP contribution in [0.4, 0.5) is 0 Å². The molecule has 2 aromatic carbocycles. The Hall–Kier alpha value is -3.00. The van der Waals surface area contributed by atoms with Gasteiger partial charge in [0.05, 0.1) is 22.3 Å². The third kappa shape index (κ3) is 3.23. The molecule has 0 atom stereocenters. The number of aromatic nitrogens is 6. The van der Waals surface area contributed by atoms with Crippen LogP contribution < -0.4 is 5.56 Å². The van der Waals surface area contributed by atoms with Gasteiger partial charge in [-0.05, 0) is 48.0 Å². The summed E-state index contributed by atoms with van der Waals surface area (Å²) in [6.07, 6.45) is 0. The van der Waals surface area contributed by atoms with Crippen molar-refractivity contribution in [2.24, 2.45) is 7.05 Å². The summed E-state index contributed by atoms with van der Waals surface area (Å²) in [4.78, 5) is 17.2. The number of para-hydroxylation sites is 1. The highest BCUT2D eigenvalue weighted by Gasteiger charge is 2.14. The minimum absolute atomic E-state index is 0.0508. The lowest BCUT2D eigenvalue weighted by atomic mass is 10.1. The van der Waals surface area contributed by atoms with Gasteiger partial charge in [0.15, 0.2) is 0 Å². The zero-order chi connectivity index (χ0) is 19.0. The standard InChI is InChI=1S/C19H18N6OS/c1-12-8-9-16(13(2)10-12)25-19(21-22-23-25)27-11-17-20-15-7-5-4-6-14(15)18(26)24(17)3/h4-10H,11H2,1-3H3. The highest BCUT2D eigenvalue weighted by Crippen LogP contribution is 2.24. The second-order valence-electron chi connectivity index (χ2n) is 6.36. The van der Waals surface area contributed by atoms with Gasteiger partial charge >= 0.3 is 0 Å². The van der Waals surface area contributed by atoms with E-state index in [-0.39, 0.29) is 5.56 Å². The summed E-state index contributed by atoms with van der Waals surface area (Å²) in [5.74, 6) is 1.17. The van der Waals surface area contributed by atoms with Crippen molar-refractivity contribution in [1.29, 1.82) is 0 Å². The van der Waals surface area contributed by atoms with Gasteiger partial charge in [0.25, 0.3) is 5.56 Å². The Kier molecular flexibility index (Phi) is 4.49. The fraction of sp³-hybridized carbons (Fsp3) is 0.211. The molecule has 4 aromatic rings. The summed E-state index contributed by atoms with van der Waals surface area (Å²) in [5, 5.41) is 13.4. The predicted octanol–water partition coefficient (Wildman–Crippen LogP) is 2.82. The van der Waals surface area contributed by atoms with E-state index in [1.807, 2.05) is 37.3 Å². The van der Waals surface area contributed by atoms with Crippen LogP contribution in [0.2, 0.25) is 0 Å². The van der Waals surface area contributed by atoms with Crippen molar-refractivity contribution < 1.29 is 0 Å². The number of tetrazole rings is 1. The fourth-order valence-corrected chi connectivity index (χ4v) is 3.85. The Morgan fingerprint density at radius 3 is 2.74 bits per heavy atom. The lowest BCUT2D eigenvalue weighted by molar-refractivity contribution is 0.749. The van der Waals surface area contributed by atoms with E-state index in [4.69, 9.17) is 0 Å². The smallest absolute Gasteiger partial charge is 0.261 e. The molecule has 136 valence electrons. The normalized spacial score (nSPS) is 11.2. The average Bonchev–Trinajstić information content (AvgIpc) is 3.12. The molecule has 0 radical (unpaired) electrons. The summed E-state index contributed by atoms with van der Waals surface area (Å²) in [6, 6.07) is 13.5. The molecule has 0 saturated heterocycles. The van der Waals surface area contributed by atoms with Gasteiger partial charge in [0, 0.05) is 7.05 Å². The summed E-state index contributed by atoms with van der Waals surface area (Å²) >= 11 is 1.45. The van der Waals surface area contributed by atoms with Crippen molar-refractivity contribution in [1.82, 2.24) is 29.8 Å². The molecule has 27 heavy (non-hydrogen) atoms. The largest absolute Gasteiger partial charge is 0.299 e. The van der Waals surface area contributed by atoms with E-state index in [9.17, 15) is 4.79 Å². The summed E-state index contributed by atoms with van der Waals surface area (Å²) < 4.78 is 3.30. The lowest BCUT2D eigenvalue weighted by Crippen LogP contribution is -2.22. The molecule has 2 aromatic heterocycles. The number of hydrogen-bond acceptors (Lipinski definition) is 6. The van der Waals surface area contributed by atoms with Gasteiger partial charge in [-0.3, -0.25) is 9.36 Å². The second-order valence-corrected chi connectivity index (χ2v) is 7.30. The van der Waals surface area contributed by atoms with Gasteiger partial charge in [-0.15, -0.1) is 5.10 Å². The van der Waals surface area contributed by atoms with E-state index in [2.05, 4.69) is 33.5 Å². The molecule has 0 spiro atoms. The maximum absolute atomic E-state index is 12.5. The van der Waals surface area contributed by atoms with E-state index in [1.165, 1.54) is 17.3 Å². The summed E-state index contributed by atoms with van der Waals surface area (Å²) in [7, 11) is 1.74. The van der Waals surface area contributed by atoms with Gasteiger partial charge in [-0.25, -0.2) is 4.98 Å². The van der Waals surface area contributed by atoms with Crippen molar-refractivity contribution in [2.75, 3.05) is 0 Å². The van der Waals surface area contributed by atoms with Crippen molar-refractivity contribution in [2.45, 2.75) is 24.8 Å². The molecular formula is C19H18N6OS. The average molecular weight is 378 g/mol. The molecule has 0 fully saturated rings. The molecule has 0 unspecified atom stereocenters. The molecule has 0 aliphatic heterocycles. The van der Waals surface area contributed by atoms with Crippen LogP contribution in [0.25, 0.3) is 16.6 Å². The quantitative estimate of drug-likeness (QED) is 0.508. The molecule has 0 N–H and O–H groups in total. The van der Waals surface area contributed by atoms with Crippen molar-refractivity contribution in [3.63, 3.8) is 0 Å². The number of benzene rings is 2. The number of fused-ring (bicyclic) bond motifs is 1. The number of rotatable bonds is 4. The van der Waals surface area contributed by atoms with Gasteiger partial charge in [0.2, 0.25) is 5.16 Å². The van der Waals surface area contributed by atoms with E-state index in [0.29, 0.717) is 27.6 Å². The van der Waals surface area contributed by atoms with Crippen LogP contribution in [0, 0.1) is 13.8 Å². The number of hydrogen-bond donors (Lipinski definition) is 0. The zero-order valence-electron chi connectivity index (χ0n) is 15.2. The van der Waals surface area contributed by atoms with Crippen LogP contribution in [-0.2, 0) is 12.8 Å². The maximum Gasteiger partial charge on any atom is 0.261 e. The Bertz CT molecular complexity index is 1200. The monoisotopic (exact) mass is 378 g/mol. The first-order valence-corrected chi connectivity index (χ1v) is 9.46. The first-order valence-electron chi connectivity index (χ1n) is 8.48. The Labute approximate surface area is 160 Å². The molecule has 0 amide bonds. The minimum atomic E-state index is -0.0508. The number of nitrogens with zero attached hydrogens (tertiary/aromatic N) is 6. The maximum atomic E-state index is 12.5. The van der Waals surface area contributed by atoms with E-state index in [1.54, 1.807) is 22.4 Å². The van der Waals surface area contributed by atoms with E-state index >= 15 is 0 Å². The van der Waals surface area contributed by atoms with Crippen LogP contribution in [0.1, 0.15) is 17.0 Å². The molecule has 0 bridgehead atoms. The van der Waals surface area contributed by atoms with E-state index in [0.717, 1.165) is 11.3 Å². The van der Waals surface area contributed by atoms with Gasteiger partial charge in [-0.2, -0.15) is 4.68 Å².